The first-order valence-corrected chi connectivity index (χ1v) is 10.8. The molecule has 33 heavy (non-hydrogen) atoms. The summed E-state index contributed by atoms with van der Waals surface area (Å²) in [5.74, 6) is 0.601. The fourth-order valence-electron chi connectivity index (χ4n) is 3.78. The maximum absolute atomic E-state index is 13.0. The van der Waals surface area contributed by atoms with E-state index in [0.717, 1.165) is 11.4 Å². The largest absolute Gasteiger partial charge is 0.492 e. The Morgan fingerprint density at radius 3 is 2.52 bits per heavy atom. The van der Waals surface area contributed by atoms with Gasteiger partial charge in [0.25, 0.3) is 5.91 Å². The Morgan fingerprint density at radius 2 is 1.76 bits per heavy atom. The third-order valence-corrected chi connectivity index (χ3v) is 5.44. The van der Waals surface area contributed by atoms with Crippen LogP contribution in [0, 0.1) is 0 Å². The lowest BCUT2D eigenvalue weighted by Crippen LogP contribution is -2.25. The summed E-state index contributed by atoms with van der Waals surface area (Å²) in [6, 6.07) is 14.5. The average Bonchev–Trinajstić information content (AvgIpc) is 2.90. The SMILES string of the molecule is CCOC(=O)c1ccc(Nc2cc3c(cn2)N(C)C(=O)c2ccccc2N3C)c(OCC)c1. The highest BCUT2D eigenvalue weighted by atomic mass is 16.5. The number of pyridine rings is 1. The lowest BCUT2D eigenvalue weighted by Gasteiger charge is -2.23. The molecule has 1 aliphatic heterocycles. The molecule has 1 aliphatic rings. The molecular weight excluding hydrogens is 420 g/mol. The Bertz CT molecular complexity index is 1210. The van der Waals surface area contributed by atoms with Crippen molar-refractivity contribution in [1.29, 1.82) is 0 Å². The molecule has 1 N–H and O–H groups in total. The number of aromatic nitrogens is 1. The zero-order valence-electron chi connectivity index (χ0n) is 19.1. The van der Waals surface area contributed by atoms with Gasteiger partial charge in [-0.25, -0.2) is 9.78 Å². The third kappa shape index (κ3) is 4.19. The molecule has 8 heteroatoms. The van der Waals surface area contributed by atoms with Gasteiger partial charge < -0.3 is 24.6 Å². The summed E-state index contributed by atoms with van der Waals surface area (Å²) in [5.41, 5.74) is 4.05. The number of rotatable bonds is 6. The van der Waals surface area contributed by atoms with Crippen LogP contribution in [0.4, 0.5) is 28.6 Å². The lowest BCUT2D eigenvalue weighted by atomic mass is 10.1. The van der Waals surface area contributed by atoms with Gasteiger partial charge in [-0.15, -0.1) is 0 Å². The normalized spacial score (nSPS) is 12.5. The van der Waals surface area contributed by atoms with Crippen LogP contribution in [-0.4, -0.2) is 44.2 Å². The van der Waals surface area contributed by atoms with E-state index >= 15 is 0 Å². The van der Waals surface area contributed by atoms with Gasteiger partial charge >= 0.3 is 5.97 Å². The fraction of sp³-hybridized carbons (Fsp3) is 0.240. The number of fused-ring (bicyclic) bond motifs is 2. The van der Waals surface area contributed by atoms with Crippen molar-refractivity contribution in [1.82, 2.24) is 4.98 Å². The summed E-state index contributed by atoms with van der Waals surface area (Å²) in [4.78, 5) is 33.2. The van der Waals surface area contributed by atoms with Crippen molar-refractivity contribution in [3.8, 4) is 5.75 Å². The van der Waals surface area contributed by atoms with Gasteiger partial charge in [-0.05, 0) is 44.2 Å². The highest BCUT2D eigenvalue weighted by Crippen LogP contribution is 2.40. The first-order chi connectivity index (χ1) is 15.9. The first-order valence-electron chi connectivity index (χ1n) is 10.8. The van der Waals surface area contributed by atoms with Gasteiger partial charge in [0.1, 0.15) is 11.6 Å². The standard InChI is InChI=1S/C25H26N4O4/c1-5-32-22-13-16(25(31)33-6-2)11-12-18(22)27-23-14-20-21(15-26-23)29(4)24(30)17-9-7-8-10-19(17)28(20)3/h7-15H,5-6H2,1-4H3,(H,26,27). The summed E-state index contributed by atoms with van der Waals surface area (Å²) in [6.45, 7) is 4.38. The Kier molecular flexibility index (Phi) is 6.17. The molecule has 0 spiro atoms. The van der Waals surface area contributed by atoms with E-state index in [1.54, 1.807) is 43.3 Å². The zero-order valence-corrected chi connectivity index (χ0v) is 19.1. The number of nitrogens with one attached hydrogen (secondary N) is 1. The molecule has 170 valence electrons. The number of nitrogens with zero attached hydrogens (tertiary/aromatic N) is 3. The number of hydrogen-bond donors (Lipinski definition) is 1. The average molecular weight is 447 g/mol. The Balaban J connectivity index is 1.71. The molecule has 0 atom stereocenters. The number of ether oxygens (including phenoxy) is 2. The van der Waals surface area contributed by atoms with Crippen molar-refractivity contribution in [2.45, 2.75) is 13.8 Å². The van der Waals surface area contributed by atoms with Crippen LogP contribution in [0.2, 0.25) is 0 Å². The predicted octanol–water partition coefficient (Wildman–Crippen LogP) is 4.76. The number of para-hydroxylation sites is 1. The van der Waals surface area contributed by atoms with Gasteiger partial charge in [-0.2, -0.15) is 0 Å². The highest BCUT2D eigenvalue weighted by molar-refractivity contribution is 6.13. The topological polar surface area (TPSA) is 84.0 Å². The maximum atomic E-state index is 13.0. The van der Waals surface area contributed by atoms with E-state index in [4.69, 9.17) is 9.47 Å². The summed E-state index contributed by atoms with van der Waals surface area (Å²) < 4.78 is 10.8. The van der Waals surface area contributed by atoms with Gasteiger partial charge in [-0.1, -0.05) is 12.1 Å². The van der Waals surface area contributed by atoms with Gasteiger partial charge in [0, 0.05) is 20.2 Å². The van der Waals surface area contributed by atoms with Crippen LogP contribution in [0.15, 0.2) is 54.7 Å². The van der Waals surface area contributed by atoms with E-state index in [0.29, 0.717) is 47.3 Å². The molecule has 1 aromatic heterocycles. The molecule has 1 amide bonds. The number of anilines is 5. The van der Waals surface area contributed by atoms with Crippen LogP contribution in [0.25, 0.3) is 0 Å². The lowest BCUT2D eigenvalue weighted by molar-refractivity contribution is 0.0525. The second kappa shape index (κ2) is 9.20. The molecule has 0 bridgehead atoms. The van der Waals surface area contributed by atoms with Crippen molar-refractivity contribution in [2.75, 3.05) is 42.4 Å². The third-order valence-electron chi connectivity index (χ3n) is 5.44. The molecular formula is C25H26N4O4. The predicted molar refractivity (Wildman–Crippen MR) is 128 cm³/mol. The highest BCUT2D eigenvalue weighted by Gasteiger charge is 2.27. The minimum Gasteiger partial charge on any atom is -0.492 e. The summed E-state index contributed by atoms with van der Waals surface area (Å²) >= 11 is 0. The monoisotopic (exact) mass is 446 g/mol. The first kappa shape index (κ1) is 22.1. The maximum Gasteiger partial charge on any atom is 0.338 e. The van der Waals surface area contributed by atoms with Crippen LogP contribution < -0.4 is 19.9 Å². The van der Waals surface area contributed by atoms with Crippen molar-refractivity contribution < 1.29 is 19.1 Å². The van der Waals surface area contributed by atoms with E-state index in [1.807, 2.05) is 49.2 Å². The van der Waals surface area contributed by atoms with Crippen molar-refractivity contribution >= 4 is 40.4 Å². The van der Waals surface area contributed by atoms with Crippen LogP contribution >= 0.6 is 0 Å². The van der Waals surface area contributed by atoms with Crippen LogP contribution in [-0.2, 0) is 4.74 Å². The zero-order chi connectivity index (χ0) is 23.5. The molecule has 3 aromatic rings. The molecule has 0 saturated carbocycles. The second-order valence-corrected chi connectivity index (χ2v) is 7.49. The minimum atomic E-state index is -0.402. The Morgan fingerprint density at radius 1 is 0.970 bits per heavy atom. The molecule has 8 nitrogen and oxygen atoms in total. The number of hydrogen-bond acceptors (Lipinski definition) is 7. The Labute approximate surface area is 192 Å². The summed E-state index contributed by atoms with van der Waals surface area (Å²) in [6.07, 6.45) is 1.67. The van der Waals surface area contributed by atoms with E-state index < -0.39 is 5.97 Å². The number of esters is 1. The number of carbonyl (C=O) groups is 2. The minimum absolute atomic E-state index is 0.0908. The van der Waals surface area contributed by atoms with E-state index in [2.05, 4.69) is 10.3 Å². The Hall–Kier alpha value is -4.07. The number of amides is 1. The van der Waals surface area contributed by atoms with Crippen LogP contribution in [0.3, 0.4) is 0 Å². The molecule has 2 heterocycles. The smallest absolute Gasteiger partial charge is 0.338 e. The molecule has 0 radical (unpaired) electrons. The van der Waals surface area contributed by atoms with Gasteiger partial charge in [-0.3, -0.25) is 4.79 Å². The molecule has 0 saturated heterocycles. The molecule has 0 unspecified atom stereocenters. The van der Waals surface area contributed by atoms with Crippen LogP contribution in [0.1, 0.15) is 34.6 Å². The van der Waals surface area contributed by atoms with E-state index in [9.17, 15) is 9.59 Å². The van der Waals surface area contributed by atoms with E-state index in [1.165, 1.54) is 0 Å². The molecule has 0 aliphatic carbocycles. The van der Waals surface area contributed by atoms with Crippen molar-refractivity contribution in [3.63, 3.8) is 0 Å². The van der Waals surface area contributed by atoms with Gasteiger partial charge in [0.05, 0.1) is 53.3 Å². The van der Waals surface area contributed by atoms with Crippen molar-refractivity contribution in [2.24, 2.45) is 0 Å². The van der Waals surface area contributed by atoms with Crippen molar-refractivity contribution in [3.05, 3.63) is 65.9 Å². The number of carbonyl (C=O) groups excluding carboxylic acids is 2. The van der Waals surface area contributed by atoms with Gasteiger partial charge in [0.2, 0.25) is 0 Å². The second-order valence-electron chi connectivity index (χ2n) is 7.49. The number of benzene rings is 2. The molecule has 0 fully saturated rings. The van der Waals surface area contributed by atoms with Crippen LogP contribution in [0.5, 0.6) is 5.75 Å². The summed E-state index contributed by atoms with van der Waals surface area (Å²) in [5, 5.41) is 3.28. The van der Waals surface area contributed by atoms with E-state index in [-0.39, 0.29) is 5.91 Å². The van der Waals surface area contributed by atoms with Gasteiger partial charge in [0.15, 0.2) is 0 Å². The molecule has 4 rings (SSSR count). The molecule has 2 aromatic carbocycles. The summed E-state index contributed by atoms with van der Waals surface area (Å²) in [7, 11) is 3.67. The fourth-order valence-corrected chi connectivity index (χ4v) is 3.78. The quantitative estimate of drug-likeness (QED) is 0.547.